The number of hydrogen-bond donors (Lipinski definition) is 4. The van der Waals surface area contributed by atoms with E-state index in [0.29, 0.717) is 17.1 Å². The second-order valence-electron chi connectivity index (χ2n) is 8.97. The lowest BCUT2D eigenvalue weighted by Gasteiger charge is -2.20. The first-order valence-corrected chi connectivity index (χ1v) is 11.5. The number of ketones is 1. The van der Waals surface area contributed by atoms with Gasteiger partial charge in [0.2, 0.25) is 5.78 Å². The Morgan fingerprint density at radius 3 is 1.97 bits per heavy atom. The molecule has 0 aliphatic heterocycles. The Bertz CT molecular complexity index is 1410. The molecule has 0 radical (unpaired) electrons. The molecule has 6 nitrogen and oxygen atoms in total. The first-order valence-electron chi connectivity index (χ1n) is 11.5. The summed E-state index contributed by atoms with van der Waals surface area (Å²) in [7, 11) is 0. The van der Waals surface area contributed by atoms with Gasteiger partial charge in [0, 0.05) is 28.8 Å². The van der Waals surface area contributed by atoms with Crippen LogP contribution < -0.4 is 22.1 Å². The van der Waals surface area contributed by atoms with Gasteiger partial charge in [-0.3, -0.25) is 4.79 Å². The Morgan fingerprint density at radius 1 is 0.657 bits per heavy atom. The van der Waals surface area contributed by atoms with E-state index in [2.05, 4.69) is 10.6 Å². The fourth-order valence-corrected chi connectivity index (χ4v) is 3.85. The SMILES string of the molecule is Cc1ccc(NC2=CC(=O)C(Nc3ccc(N)c(C)c3C)=C/C2=N\c2ccc(N)c(C)c2C)cc1. The quantitative estimate of drug-likeness (QED) is 0.271. The van der Waals surface area contributed by atoms with E-state index in [0.717, 1.165) is 56.3 Å². The summed E-state index contributed by atoms with van der Waals surface area (Å²) in [6, 6.07) is 15.5. The molecule has 0 unspecified atom stereocenters. The van der Waals surface area contributed by atoms with Crippen LogP contribution in [0.15, 0.2) is 77.1 Å². The second kappa shape index (κ2) is 9.50. The van der Waals surface area contributed by atoms with Crippen molar-refractivity contribution in [2.45, 2.75) is 34.6 Å². The molecule has 3 aromatic carbocycles. The third-order valence-electron chi connectivity index (χ3n) is 6.57. The number of hydrogen-bond acceptors (Lipinski definition) is 6. The topological polar surface area (TPSA) is 106 Å². The van der Waals surface area contributed by atoms with Crippen LogP contribution in [0, 0.1) is 34.6 Å². The van der Waals surface area contributed by atoms with E-state index in [1.807, 2.05) is 83.1 Å². The van der Waals surface area contributed by atoms with Crippen LogP contribution in [-0.2, 0) is 4.79 Å². The van der Waals surface area contributed by atoms with Gasteiger partial charge in [-0.05, 0) is 99.3 Å². The molecule has 0 atom stereocenters. The maximum Gasteiger partial charge on any atom is 0.204 e. The average molecular weight is 466 g/mol. The van der Waals surface area contributed by atoms with E-state index in [1.165, 1.54) is 0 Å². The van der Waals surface area contributed by atoms with Gasteiger partial charge in [-0.25, -0.2) is 4.99 Å². The number of nitrogens with one attached hydrogen (secondary N) is 2. The molecular weight excluding hydrogens is 434 g/mol. The summed E-state index contributed by atoms with van der Waals surface area (Å²) in [5.41, 5.74) is 22.9. The number of aryl methyl sites for hydroxylation is 1. The normalized spacial score (nSPS) is 14.5. The monoisotopic (exact) mass is 465 g/mol. The summed E-state index contributed by atoms with van der Waals surface area (Å²) < 4.78 is 0. The van der Waals surface area contributed by atoms with E-state index in [-0.39, 0.29) is 5.78 Å². The van der Waals surface area contributed by atoms with E-state index in [4.69, 9.17) is 16.5 Å². The zero-order valence-corrected chi connectivity index (χ0v) is 20.8. The number of nitrogens with two attached hydrogens (primary N) is 2. The molecule has 0 amide bonds. The van der Waals surface area contributed by atoms with Gasteiger partial charge >= 0.3 is 0 Å². The number of nitrogens with zero attached hydrogens (tertiary/aromatic N) is 1. The van der Waals surface area contributed by atoms with E-state index in [1.54, 1.807) is 12.2 Å². The Kier molecular flexibility index (Phi) is 6.47. The summed E-state index contributed by atoms with van der Waals surface area (Å²) in [4.78, 5) is 18.1. The van der Waals surface area contributed by atoms with Crippen molar-refractivity contribution in [2.75, 3.05) is 22.1 Å². The standard InChI is InChI=1S/C29H31N5O/c1-16-6-8-21(9-7-16)32-27-15-29(35)28(34-25-13-11-23(31)18(3)20(25)5)14-26(27)33-24-12-10-22(30)17(2)19(24)4/h6-15,32,34H,30-31H2,1-5H3/b33-26+. The molecule has 0 spiro atoms. The smallest absolute Gasteiger partial charge is 0.204 e. The van der Waals surface area contributed by atoms with Crippen molar-refractivity contribution in [3.8, 4) is 0 Å². The minimum Gasteiger partial charge on any atom is -0.399 e. The molecule has 0 saturated carbocycles. The summed E-state index contributed by atoms with van der Waals surface area (Å²) in [6.45, 7) is 9.97. The molecule has 1 aliphatic rings. The van der Waals surface area contributed by atoms with Gasteiger partial charge in [0.25, 0.3) is 0 Å². The summed E-state index contributed by atoms with van der Waals surface area (Å²) in [5.74, 6) is -0.141. The fourth-order valence-electron chi connectivity index (χ4n) is 3.85. The van der Waals surface area contributed by atoms with Crippen LogP contribution in [0.3, 0.4) is 0 Å². The van der Waals surface area contributed by atoms with Gasteiger partial charge in [-0.1, -0.05) is 17.7 Å². The number of carbonyl (C=O) groups excluding carboxylic acids is 1. The molecule has 4 rings (SSSR count). The van der Waals surface area contributed by atoms with Crippen LogP contribution in [0.5, 0.6) is 0 Å². The fraction of sp³-hybridized carbons (Fsp3) is 0.172. The largest absolute Gasteiger partial charge is 0.399 e. The number of aliphatic imine (C=N–C) groups is 1. The van der Waals surface area contributed by atoms with Crippen molar-refractivity contribution in [1.82, 2.24) is 0 Å². The van der Waals surface area contributed by atoms with Crippen LogP contribution in [0.1, 0.15) is 27.8 Å². The molecule has 3 aromatic rings. The molecule has 6 N–H and O–H groups in total. The van der Waals surface area contributed by atoms with Crippen molar-refractivity contribution in [3.63, 3.8) is 0 Å². The van der Waals surface area contributed by atoms with Crippen LogP contribution in [0.4, 0.5) is 28.4 Å². The number of anilines is 4. The highest BCUT2D eigenvalue weighted by atomic mass is 16.1. The molecule has 0 fully saturated rings. The second-order valence-corrected chi connectivity index (χ2v) is 8.97. The van der Waals surface area contributed by atoms with E-state index in [9.17, 15) is 4.79 Å². The third-order valence-corrected chi connectivity index (χ3v) is 6.57. The molecule has 0 saturated heterocycles. The molecule has 178 valence electrons. The van der Waals surface area contributed by atoms with Crippen LogP contribution in [0.2, 0.25) is 0 Å². The van der Waals surface area contributed by atoms with Crippen LogP contribution >= 0.6 is 0 Å². The van der Waals surface area contributed by atoms with Gasteiger partial charge in [0.1, 0.15) is 0 Å². The zero-order valence-electron chi connectivity index (χ0n) is 20.8. The van der Waals surface area contributed by atoms with Crippen LogP contribution in [-0.4, -0.2) is 11.5 Å². The number of benzene rings is 3. The van der Waals surface area contributed by atoms with Crippen molar-refractivity contribution in [1.29, 1.82) is 0 Å². The minimum atomic E-state index is -0.141. The Labute approximate surface area is 206 Å². The zero-order chi connectivity index (χ0) is 25.3. The van der Waals surface area contributed by atoms with E-state index < -0.39 is 0 Å². The maximum atomic E-state index is 13.1. The average Bonchev–Trinajstić information content (AvgIpc) is 2.83. The first kappa shape index (κ1) is 23.8. The summed E-state index contributed by atoms with van der Waals surface area (Å²) in [6.07, 6.45) is 3.37. The van der Waals surface area contributed by atoms with Crippen molar-refractivity contribution >= 4 is 39.9 Å². The minimum absolute atomic E-state index is 0.141. The molecule has 6 heteroatoms. The maximum absolute atomic E-state index is 13.1. The number of nitrogen functional groups attached to an aromatic ring is 2. The Hall–Kier alpha value is -4.32. The summed E-state index contributed by atoms with van der Waals surface area (Å²) >= 11 is 0. The molecule has 0 heterocycles. The molecule has 0 aromatic heterocycles. The third kappa shape index (κ3) is 4.96. The van der Waals surface area contributed by atoms with Gasteiger partial charge in [-0.2, -0.15) is 0 Å². The lowest BCUT2D eigenvalue weighted by atomic mass is 10.0. The molecular formula is C29H31N5O. The lowest BCUT2D eigenvalue weighted by molar-refractivity contribution is -0.111. The molecule has 0 bridgehead atoms. The predicted octanol–water partition coefficient (Wildman–Crippen LogP) is 6.04. The number of allylic oxidation sites excluding steroid dienone is 2. The highest BCUT2D eigenvalue weighted by Gasteiger charge is 2.21. The number of rotatable bonds is 5. The van der Waals surface area contributed by atoms with Crippen LogP contribution in [0.25, 0.3) is 0 Å². The highest BCUT2D eigenvalue weighted by molar-refractivity contribution is 6.24. The van der Waals surface area contributed by atoms with Crippen molar-refractivity contribution < 1.29 is 4.79 Å². The Balaban J connectivity index is 1.77. The lowest BCUT2D eigenvalue weighted by Crippen LogP contribution is -2.22. The van der Waals surface area contributed by atoms with Gasteiger partial charge in [-0.15, -0.1) is 0 Å². The van der Waals surface area contributed by atoms with Crippen molar-refractivity contribution in [3.05, 3.63) is 99.9 Å². The number of carbonyl (C=O) groups is 1. The first-order chi connectivity index (χ1) is 16.6. The summed E-state index contributed by atoms with van der Waals surface area (Å²) in [5, 5.41) is 6.66. The van der Waals surface area contributed by atoms with Gasteiger partial charge in [0.05, 0.1) is 22.8 Å². The molecule has 1 aliphatic carbocycles. The van der Waals surface area contributed by atoms with E-state index >= 15 is 0 Å². The van der Waals surface area contributed by atoms with Crippen molar-refractivity contribution in [2.24, 2.45) is 4.99 Å². The predicted molar refractivity (Wildman–Crippen MR) is 147 cm³/mol. The van der Waals surface area contributed by atoms with Gasteiger partial charge in [0.15, 0.2) is 0 Å². The highest BCUT2D eigenvalue weighted by Crippen LogP contribution is 2.29. The molecule has 35 heavy (non-hydrogen) atoms. The van der Waals surface area contributed by atoms with Gasteiger partial charge < -0.3 is 22.1 Å². The Morgan fingerprint density at radius 2 is 1.29 bits per heavy atom.